The number of ether oxygens (including phenoxy) is 1. The molecule has 7 nitrogen and oxygen atoms in total. The van der Waals surface area contributed by atoms with E-state index >= 15 is 0 Å². The SMILES string of the molecule is CCC(C)NC(=O)CN1CCN(CC(=O)N2CCOC(c3ccc(F)cc3)C2)CC1. The number of piperazine rings is 1. The van der Waals surface area contributed by atoms with Gasteiger partial charge in [-0.2, -0.15) is 0 Å². The Labute approximate surface area is 178 Å². The maximum absolute atomic E-state index is 13.2. The molecule has 166 valence electrons. The Morgan fingerprint density at radius 3 is 2.37 bits per heavy atom. The van der Waals surface area contributed by atoms with Crippen molar-refractivity contribution in [3.05, 3.63) is 35.6 Å². The molecule has 2 fully saturated rings. The largest absolute Gasteiger partial charge is 0.370 e. The van der Waals surface area contributed by atoms with E-state index in [0.717, 1.165) is 38.2 Å². The van der Waals surface area contributed by atoms with Crippen molar-refractivity contribution >= 4 is 11.8 Å². The van der Waals surface area contributed by atoms with Gasteiger partial charge in [-0.3, -0.25) is 19.4 Å². The van der Waals surface area contributed by atoms with E-state index in [1.54, 1.807) is 12.1 Å². The molecule has 0 saturated carbocycles. The fourth-order valence-corrected chi connectivity index (χ4v) is 3.78. The summed E-state index contributed by atoms with van der Waals surface area (Å²) in [6, 6.07) is 6.46. The van der Waals surface area contributed by atoms with Crippen LogP contribution in [0.15, 0.2) is 24.3 Å². The van der Waals surface area contributed by atoms with Crippen LogP contribution in [0.4, 0.5) is 4.39 Å². The smallest absolute Gasteiger partial charge is 0.236 e. The number of nitrogens with zero attached hydrogens (tertiary/aromatic N) is 3. The fourth-order valence-electron chi connectivity index (χ4n) is 3.78. The Bertz CT molecular complexity index is 707. The number of morpholine rings is 1. The van der Waals surface area contributed by atoms with Crippen molar-refractivity contribution in [1.29, 1.82) is 0 Å². The van der Waals surface area contributed by atoms with E-state index in [1.165, 1.54) is 12.1 Å². The van der Waals surface area contributed by atoms with Gasteiger partial charge < -0.3 is 15.0 Å². The Kier molecular flexibility index (Phi) is 8.18. The predicted octanol–water partition coefficient (Wildman–Crippen LogP) is 1.26. The van der Waals surface area contributed by atoms with E-state index in [-0.39, 0.29) is 29.8 Å². The zero-order valence-corrected chi connectivity index (χ0v) is 18.0. The van der Waals surface area contributed by atoms with Crippen molar-refractivity contribution in [3.63, 3.8) is 0 Å². The third-order valence-electron chi connectivity index (χ3n) is 5.87. The molecule has 0 aliphatic carbocycles. The van der Waals surface area contributed by atoms with Gasteiger partial charge in [0.1, 0.15) is 11.9 Å². The van der Waals surface area contributed by atoms with Crippen molar-refractivity contribution < 1.29 is 18.7 Å². The van der Waals surface area contributed by atoms with Crippen LogP contribution in [0.1, 0.15) is 31.9 Å². The Hall–Kier alpha value is -2.03. The molecule has 2 unspecified atom stereocenters. The average molecular weight is 421 g/mol. The summed E-state index contributed by atoms with van der Waals surface area (Å²) < 4.78 is 18.9. The standard InChI is InChI=1S/C22H33FN4O3/c1-3-17(2)24-21(28)15-25-8-10-26(11-9-25)16-22(29)27-12-13-30-20(14-27)18-4-6-19(23)7-5-18/h4-7,17,20H,3,8-16H2,1-2H3,(H,24,28). The van der Waals surface area contributed by atoms with Gasteiger partial charge in [0.25, 0.3) is 0 Å². The third-order valence-corrected chi connectivity index (χ3v) is 5.87. The first-order valence-electron chi connectivity index (χ1n) is 10.8. The highest BCUT2D eigenvalue weighted by Crippen LogP contribution is 2.22. The summed E-state index contributed by atoms with van der Waals surface area (Å²) in [5, 5.41) is 3.00. The van der Waals surface area contributed by atoms with Crippen molar-refractivity contribution in [2.45, 2.75) is 32.4 Å². The minimum absolute atomic E-state index is 0.0639. The molecule has 0 radical (unpaired) electrons. The number of hydrogen-bond donors (Lipinski definition) is 1. The molecule has 2 aliphatic heterocycles. The first kappa shape index (κ1) is 22.7. The molecule has 2 amide bonds. The molecule has 1 aromatic rings. The zero-order valence-electron chi connectivity index (χ0n) is 18.0. The molecule has 2 saturated heterocycles. The highest BCUT2D eigenvalue weighted by Gasteiger charge is 2.28. The topological polar surface area (TPSA) is 65.1 Å². The lowest BCUT2D eigenvalue weighted by molar-refractivity contribution is -0.140. The molecular weight excluding hydrogens is 387 g/mol. The molecule has 2 aliphatic rings. The average Bonchev–Trinajstić information content (AvgIpc) is 2.75. The van der Waals surface area contributed by atoms with Crippen LogP contribution >= 0.6 is 0 Å². The molecule has 2 atom stereocenters. The number of hydrogen-bond acceptors (Lipinski definition) is 5. The molecule has 1 aromatic carbocycles. The van der Waals surface area contributed by atoms with Crippen LogP contribution in [-0.2, 0) is 14.3 Å². The highest BCUT2D eigenvalue weighted by molar-refractivity contribution is 5.79. The van der Waals surface area contributed by atoms with Crippen molar-refractivity contribution in [1.82, 2.24) is 20.0 Å². The second-order valence-electron chi connectivity index (χ2n) is 8.18. The fraction of sp³-hybridized carbons (Fsp3) is 0.636. The summed E-state index contributed by atoms with van der Waals surface area (Å²) in [7, 11) is 0. The second kappa shape index (κ2) is 10.8. The van der Waals surface area contributed by atoms with Crippen molar-refractivity contribution in [2.75, 3.05) is 59.0 Å². The lowest BCUT2D eigenvalue weighted by Crippen LogP contribution is -2.53. The molecular formula is C22H33FN4O3. The van der Waals surface area contributed by atoms with Crippen LogP contribution in [0.3, 0.4) is 0 Å². The minimum Gasteiger partial charge on any atom is -0.370 e. The normalized spacial score (nSPS) is 22.0. The van der Waals surface area contributed by atoms with E-state index in [9.17, 15) is 14.0 Å². The van der Waals surface area contributed by atoms with Crippen LogP contribution in [-0.4, -0.2) is 91.5 Å². The van der Waals surface area contributed by atoms with E-state index < -0.39 is 0 Å². The van der Waals surface area contributed by atoms with E-state index in [4.69, 9.17) is 4.74 Å². The van der Waals surface area contributed by atoms with Crippen molar-refractivity contribution in [3.8, 4) is 0 Å². The highest BCUT2D eigenvalue weighted by atomic mass is 19.1. The van der Waals surface area contributed by atoms with Crippen LogP contribution in [0.5, 0.6) is 0 Å². The number of carbonyl (C=O) groups excluding carboxylic acids is 2. The van der Waals surface area contributed by atoms with Crippen LogP contribution < -0.4 is 5.32 Å². The molecule has 0 spiro atoms. The molecule has 0 bridgehead atoms. The maximum atomic E-state index is 13.2. The number of halogens is 1. The van der Waals surface area contributed by atoms with Gasteiger partial charge in [0.15, 0.2) is 0 Å². The van der Waals surface area contributed by atoms with Crippen molar-refractivity contribution in [2.24, 2.45) is 0 Å². The molecule has 1 N–H and O–H groups in total. The van der Waals surface area contributed by atoms with E-state index in [1.807, 2.05) is 11.8 Å². The van der Waals surface area contributed by atoms with Gasteiger partial charge in [0.05, 0.1) is 26.2 Å². The summed E-state index contributed by atoms with van der Waals surface area (Å²) in [5.41, 5.74) is 0.887. The molecule has 30 heavy (non-hydrogen) atoms. The molecule has 3 rings (SSSR count). The number of nitrogens with one attached hydrogen (secondary N) is 1. The number of rotatable bonds is 7. The summed E-state index contributed by atoms with van der Waals surface area (Å²) in [4.78, 5) is 31.0. The Morgan fingerprint density at radius 2 is 1.73 bits per heavy atom. The third kappa shape index (κ3) is 6.48. The van der Waals surface area contributed by atoms with Gasteiger partial charge in [-0.05, 0) is 31.0 Å². The lowest BCUT2D eigenvalue weighted by Gasteiger charge is -2.37. The minimum atomic E-state index is -0.279. The quantitative estimate of drug-likeness (QED) is 0.720. The van der Waals surface area contributed by atoms with Gasteiger partial charge in [-0.15, -0.1) is 0 Å². The summed E-state index contributed by atoms with van der Waals surface area (Å²) in [5.74, 6) is -0.124. The van der Waals surface area contributed by atoms with E-state index in [0.29, 0.717) is 32.8 Å². The number of carbonyl (C=O) groups is 2. The van der Waals surface area contributed by atoms with Crippen LogP contribution in [0.2, 0.25) is 0 Å². The van der Waals surface area contributed by atoms with Crippen LogP contribution in [0, 0.1) is 5.82 Å². The van der Waals surface area contributed by atoms with Crippen LogP contribution in [0.25, 0.3) is 0 Å². The Morgan fingerprint density at radius 1 is 1.10 bits per heavy atom. The molecule has 8 heteroatoms. The first-order valence-corrected chi connectivity index (χ1v) is 10.8. The summed E-state index contributed by atoms with van der Waals surface area (Å²) in [6.45, 7) is 9.50. The lowest BCUT2D eigenvalue weighted by atomic mass is 10.1. The Balaban J connectivity index is 1.42. The van der Waals surface area contributed by atoms with Gasteiger partial charge >= 0.3 is 0 Å². The number of amides is 2. The summed E-state index contributed by atoms with van der Waals surface area (Å²) in [6.07, 6.45) is 0.703. The maximum Gasteiger partial charge on any atom is 0.236 e. The van der Waals surface area contributed by atoms with Gasteiger partial charge in [-0.25, -0.2) is 4.39 Å². The van der Waals surface area contributed by atoms with E-state index in [2.05, 4.69) is 22.0 Å². The molecule has 0 aromatic heterocycles. The summed E-state index contributed by atoms with van der Waals surface area (Å²) >= 11 is 0. The van der Waals surface area contributed by atoms with Gasteiger partial charge in [-0.1, -0.05) is 19.1 Å². The molecule has 2 heterocycles. The second-order valence-corrected chi connectivity index (χ2v) is 8.18. The monoisotopic (exact) mass is 420 g/mol. The zero-order chi connectivity index (χ0) is 21.5. The number of benzene rings is 1. The predicted molar refractivity (Wildman–Crippen MR) is 112 cm³/mol. The first-order chi connectivity index (χ1) is 14.4. The van der Waals surface area contributed by atoms with Gasteiger partial charge in [0.2, 0.25) is 11.8 Å². The van der Waals surface area contributed by atoms with Gasteiger partial charge in [0, 0.05) is 38.8 Å².